The van der Waals surface area contributed by atoms with Gasteiger partial charge in [0.05, 0.1) is 5.69 Å². The van der Waals surface area contributed by atoms with E-state index < -0.39 is 0 Å². The minimum atomic E-state index is -0.131. The highest BCUT2D eigenvalue weighted by atomic mass is 19.1. The van der Waals surface area contributed by atoms with Gasteiger partial charge in [-0.2, -0.15) is 0 Å². The van der Waals surface area contributed by atoms with Gasteiger partial charge in [0.1, 0.15) is 5.82 Å². The minimum absolute atomic E-state index is 0.131. The van der Waals surface area contributed by atoms with Crippen LogP contribution in [-0.4, -0.2) is 63.7 Å². The van der Waals surface area contributed by atoms with Gasteiger partial charge in [-0.15, -0.1) is 6.58 Å². The maximum Gasteiger partial charge on any atom is 0.191 e. The summed E-state index contributed by atoms with van der Waals surface area (Å²) >= 11 is 0. The van der Waals surface area contributed by atoms with Crippen LogP contribution < -0.4 is 15.5 Å². The molecule has 1 heterocycles. The Bertz CT molecular complexity index is 538. The zero-order valence-electron chi connectivity index (χ0n) is 14.5. The van der Waals surface area contributed by atoms with Crippen molar-refractivity contribution < 1.29 is 4.39 Å². The number of nitrogens with one attached hydrogen (secondary N) is 2. The quantitative estimate of drug-likeness (QED) is 0.345. The van der Waals surface area contributed by atoms with Crippen LogP contribution in [0.2, 0.25) is 0 Å². The fraction of sp³-hybridized carbons (Fsp3) is 0.500. The van der Waals surface area contributed by atoms with Crippen molar-refractivity contribution in [1.29, 1.82) is 0 Å². The van der Waals surface area contributed by atoms with Crippen molar-refractivity contribution in [3.05, 3.63) is 42.7 Å². The summed E-state index contributed by atoms with van der Waals surface area (Å²) in [5, 5.41) is 6.44. The van der Waals surface area contributed by atoms with Crippen molar-refractivity contribution in [2.45, 2.75) is 6.42 Å². The summed E-state index contributed by atoms with van der Waals surface area (Å²) in [6.07, 6.45) is 2.86. The number of halogens is 1. The van der Waals surface area contributed by atoms with Gasteiger partial charge in [-0.3, -0.25) is 9.89 Å². The third kappa shape index (κ3) is 5.53. The van der Waals surface area contributed by atoms with E-state index >= 15 is 0 Å². The van der Waals surface area contributed by atoms with E-state index in [-0.39, 0.29) is 5.82 Å². The molecule has 0 radical (unpaired) electrons. The first-order chi connectivity index (χ1) is 11.7. The molecular weight excluding hydrogens is 305 g/mol. The molecule has 0 bridgehead atoms. The van der Waals surface area contributed by atoms with E-state index in [0.717, 1.165) is 57.3 Å². The molecule has 0 atom stereocenters. The number of hydrogen-bond acceptors (Lipinski definition) is 3. The van der Waals surface area contributed by atoms with Gasteiger partial charge in [0.2, 0.25) is 0 Å². The summed E-state index contributed by atoms with van der Waals surface area (Å²) in [5.74, 6) is 0.674. The number of hydrogen-bond donors (Lipinski definition) is 2. The van der Waals surface area contributed by atoms with Crippen molar-refractivity contribution in [2.24, 2.45) is 4.99 Å². The Hall–Kier alpha value is -2.08. The number of aliphatic imine (C=N–C) groups is 1. The molecule has 0 saturated carbocycles. The standard InChI is InChI=1S/C18H28FN5/c1-3-9-21-18(20-2)22-10-6-11-23-12-14-24(15-13-23)17-8-5-4-7-16(17)19/h3-5,7-8H,1,6,9-15H2,2H3,(H2,20,21,22). The van der Waals surface area contributed by atoms with Gasteiger partial charge in [0, 0.05) is 46.3 Å². The summed E-state index contributed by atoms with van der Waals surface area (Å²) in [4.78, 5) is 8.71. The van der Waals surface area contributed by atoms with Crippen LogP contribution >= 0.6 is 0 Å². The Morgan fingerprint density at radius 1 is 1.25 bits per heavy atom. The van der Waals surface area contributed by atoms with Crippen LogP contribution in [0.5, 0.6) is 0 Å². The number of guanidine groups is 1. The number of benzene rings is 1. The zero-order valence-corrected chi connectivity index (χ0v) is 14.5. The molecule has 5 nitrogen and oxygen atoms in total. The molecule has 1 fully saturated rings. The van der Waals surface area contributed by atoms with Crippen LogP contribution in [-0.2, 0) is 0 Å². The molecule has 2 N–H and O–H groups in total. The lowest BCUT2D eigenvalue weighted by molar-refractivity contribution is 0.254. The van der Waals surface area contributed by atoms with Crippen LogP contribution in [0.25, 0.3) is 0 Å². The summed E-state index contributed by atoms with van der Waals surface area (Å²) in [7, 11) is 1.76. The van der Waals surface area contributed by atoms with E-state index in [2.05, 4.69) is 32.0 Å². The largest absolute Gasteiger partial charge is 0.367 e. The first-order valence-corrected chi connectivity index (χ1v) is 8.52. The highest BCUT2D eigenvalue weighted by Crippen LogP contribution is 2.20. The molecule has 132 valence electrons. The number of piperazine rings is 1. The highest BCUT2D eigenvalue weighted by Gasteiger charge is 2.18. The minimum Gasteiger partial charge on any atom is -0.367 e. The number of nitrogens with zero attached hydrogens (tertiary/aromatic N) is 3. The molecule has 6 heteroatoms. The molecule has 0 spiro atoms. The summed E-state index contributed by atoms with van der Waals surface area (Å²) in [6.45, 7) is 9.99. The van der Waals surface area contributed by atoms with E-state index in [1.807, 2.05) is 18.2 Å². The molecule has 0 unspecified atom stereocenters. The number of anilines is 1. The molecule has 1 aromatic carbocycles. The van der Waals surface area contributed by atoms with E-state index in [4.69, 9.17) is 0 Å². The first kappa shape index (κ1) is 18.3. The van der Waals surface area contributed by atoms with E-state index in [1.165, 1.54) is 6.07 Å². The molecule has 0 amide bonds. The monoisotopic (exact) mass is 333 g/mol. The highest BCUT2D eigenvalue weighted by molar-refractivity contribution is 5.79. The van der Waals surface area contributed by atoms with Gasteiger partial charge >= 0.3 is 0 Å². The van der Waals surface area contributed by atoms with Crippen molar-refractivity contribution in [2.75, 3.05) is 57.8 Å². The second kappa shape index (κ2) is 9.93. The van der Waals surface area contributed by atoms with Gasteiger partial charge in [-0.05, 0) is 25.1 Å². The van der Waals surface area contributed by atoms with Gasteiger partial charge in [-0.1, -0.05) is 18.2 Å². The molecule has 2 rings (SSSR count). The van der Waals surface area contributed by atoms with Crippen LogP contribution in [0.3, 0.4) is 0 Å². The fourth-order valence-corrected chi connectivity index (χ4v) is 2.82. The molecule has 1 aliphatic heterocycles. The number of rotatable bonds is 7. The van der Waals surface area contributed by atoms with Crippen molar-refractivity contribution >= 4 is 11.6 Å². The molecule has 24 heavy (non-hydrogen) atoms. The van der Waals surface area contributed by atoms with Gasteiger partial charge in [-0.25, -0.2) is 4.39 Å². The lowest BCUT2D eigenvalue weighted by Crippen LogP contribution is -2.47. The second-order valence-corrected chi connectivity index (χ2v) is 5.80. The third-order valence-electron chi connectivity index (χ3n) is 4.15. The topological polar surface area (TPSA) is 42.9 Å². The number of para-hydroxylation sites is 1. The predicted molar refractivity (Wildman–Crippen MR) is 99.2 cm³/mol. The normalized spacial score (nSPS) is 16.1. The first-order valence-electron chi connectivity index (χ1n) is 8.52. The Morgan fingerprint density at radius 3 is 2.67 bits per heavy atom. The van der Waals surface area contributed by atoms with E-state index in [9.17, 15) is 4.39 Å². The summed E-state index contributed by atoms with van der Waals surface area (Å²) < 4.78 is 13.8. The zero-order chi connectivity index (χ0) is 17.2. The van der Waals surface area contributed by atoms with Crippen molar-refractivity contribution in [3.8, 4) is 0 Å². The molecule has 1 saturated heterocycles. The SMILES string of the molecule is C=CCNC(=NC)NCCCN1CCN(c2ccccc2F)CC1. The Kier molecular flexibility index (Phi) is 7.55. The maximum atomic E-state index is 13.8. The van der Waals surface area contributed by atoms with Crippen molar-refractivity contribution in [3.63, 3.8) is 0 Å². The Labute approximate surface area is 144 Å². The molecular formula is C18H28FN5. The summed E-state index contributed by atoms with van der Waals surface area (Å²) in [5.41, 5.74) is 0.718. The molecule has 1 aliphatic rings. The van der Waals surface area contributed by atoms with Crippen molar-refractivity contribution in [1.82, 2.24) is 15.5 Å². The lowest BCUT2D eigenvalue weighted by atomic mass is 10.2. The van der Waals surface area contributed by atoms with Gasteiger partial charge < -0.3 is 15.5 Å². The summed E-state index contributed by atoms with van der Waals surface area (Å²) in [6, 6.07) is 7.01. The smallest absolute Gasteiger partial charge is 0.191 e. The fourth-order valence-electron chi connectivity index (χ4n) is 2.82. The third-order valence-corrected chi connectivity index (χ3v) is 4.15. The lowest BCUT2D eigenvalue weighted by Gasteiger charge is -2.36. The van der Waals surface area contributed by atoms with E-state index in [0.29, 0.717) is 6.54 Å². The molecule has 1 aromatic rings. The predicted octanol–water partition coefficient (Wildman–Crippen LogP) is 1.69. The molecule has 0 aromatic heterocycles. The van der Waals surface area contributed by atoms with Gasteiger partial charge in [0.15, 0.2) is 5.96 Å². The van der Waals surface area contributed by atoms with Crippen LogP contribution in [0.4, 0.5) is 10.1 Å². The molecule has 0 aliphatic carbocycles. The maximum absolute atomic E-state index is 13.8. The average molecular weight is 333 g/mol. The van der Waals surface area contributed by atoms with Crippen LogP contribution in [0.15, 0.2) is 41.9 Å². The second-order valence-electron chi connectivity index (χ2n) is 5.80. The Balaban J connectivity index is 1.65. The van der Waals surface area contributed by atoms with Crippen LogP contribution in [0.1, 0.15) is 6.42 Å². The average Bonchev–Trinajstić information content (AvgIpc) is 2.62. The Morgan fingerprint density at radius 2 is 2.00 bits per heavy atom. The van der Waals surface area contributed by atoms with Crippen LogP contribution in [0, 0.1) is 5.82 Å². The van der Waals surface area contributed by atoms with Gasteiger partial charge in [0.25, 0.3) is 0 Å². The van der Waals surface area contributed by atoms with E-state index in [1.54, 1.807) is 13.1 Å².